The van der Waals surface area contributed by atoms with Gasteiger partial charge >= 0.3 is 5.97 Å². The zero-order valence-corrected chi connectivity index (χ0v) is 18.8. The van der Waals surface area contributed by atoms with Crippen LogP contribution in [0.1, 0.15) is 27.2 Å². The normalized spacial score (nSPS) is 11.1. The summed E-state index contributed by atoms with van der Waals surface area (Å²) in [6.07, 6.45) is 1.50. The van der Waals surface area contributed by atoms with Gasteiger partial charge in [0, 0.05) is 12.7 Å². The molecule has 0 radical (unpaired) electrons. The lowest BCUT2D eigenvalue weighted by Crippen LogP contribution is -2.30. The first-order valence-corrected chi connectivity index (χ1v) is 11.3. The number of carbonyl (C=O) groups is 2. The highest BCUT2D eigenvalue weighted by molar-refractivity contribution is 7.92. The van der Waals surface area contributed by atoms with Crippen molar-refractivity contribution >= 4 is 27.6 Å². The first-order chi connectivity index (χ1) is 15.2. The number of aryl methyl sites for hydroxylation is 2. The molecule has 3 rings (SSSR count). The Bertz CT molecular complexity index is 1220. The predicted octanol–water partition coefficient (Wildman–Crippen LogP) is 3.51. The molecule has 1 heterocycles. The average molecular weight is 457 g/mol. The molecule has 0 unspecified atom stereocenters. The Labute approximate surface area is 186 Å². The summed E-state index contributed by atoms with van der Waals surface area (Å²) in [4.78, 5) is 26.0. The Balaban J connectivity index is 1.68. The Morgan fingerprint density at radius 2 is 1.84 bits per heavy atom. The number of carbonyl (C=O) groups excluding carboxylic acids is 2. The molecule has 9 heteroatoms. The molecule has 1 aromatic heterocycles. The second-order valence-electron chi connectivity index (χ2n) is 7.36. The molecule has 8 nitrogen and oxygen atoms in total. The van der Waals surface area contributed by atoms with Gasteiger partial charge in [-0.15, -0.1) is 0 Å². The van der Waals surface area contributed by atoms with Gasteiger partial charge in [0.25, 0.3) is 15.9 Å². The third-order valence-corrected chi connectivity index (χ3v) is 6.23. The molecule has 1 amide bonds. The van der Waals surface area contributed by atoms with Crippen molar-refractivity contribution in [3.05, 3.63) is 83.3 Å². The van der Waals surface area contributed by atoms with Crippen molar-refractivity contribution in [3.8, 4) is 0 Å². The van der Waals surface area contributed by atoms with Crippen LogP contribution < -0.4 is 4.72 Å². The maximum absolute atomic E-state index is 12.9. The minimum absolute atomic E-state index is 0.0294. The molecular formula is C23H24N2O6S. The lowest BCUT2D eigenvalue weighted by atomic mass is 10.1. The van der Waals surface area contributed by atoms with Crippen LogP contribution in [0.4, 0.5) is 5.69 Å². The summed E-state index contributed by atoms with van der Waals surface area (Å²) in [7, 11) is -2.37. The number of rotatable bonds is 8. The van der Waals surface area contributed by atoms with E-state index < -0.39 is 28.5 Å². The van der Waals surface area contributed by atoms with Gasteiger partial charge in [0.05, 0.1) is 23.3 Å². The molecule has 0 aliphatic carbocycles. The number of benzene rings is 2. The van der Waals surface area contributed by atoms with Gasteiger partial charge in [0.15, 0.2) is 6.61 Å². The van der Waals surface area contributed by atoms with E-state index in [-0.39, 0.29) is 17.0 Å². The summed E-state index contributed by atoms with van der Waals surface area (Å²) in [6.45, 7) is 3.24. The number of hydrogen-bond acceptors (Lipinski definition) is 6. The SMILES string of the molecule is Cc1cccc(NS(=O)(=O)c2cc(C(=O)OCC(=O)N(C)Cc3ccco3)ccc2C)c1. The number of esters is 1. The van der Waals surface area contributed by atoms with Gasteiger partial charge in [-0.1, -0.05) is 18.2 Å². The fourth-order valence-electron chi connectivity index (χ4n) is 2.98. The topological polar surface area (TPSA) is 106 Å². The van der Waals surface area contributed by atoms with Crippen molar-refractivity contribution in [1.82, 2.24) is 4.90 Å². The minimum atomic E-state index is -3.93. The van der Waals surface area contributed by atoms with Crippen molar-refractivity contribution < 1.29 is 27.2 Å². The van der Waals surface area contributed by atoms with E-state index in [4.69, 9.17) is 9.15 Å². The molecule has 0 bridgehead atoms. The second kappa shape index (κ2) is 9.69. The van der Waals surface area contributed by atoms with Crippen LogP contribution >= 0.6 is 0 Å². The van der Waals surface area contributed by atoms with Gasteiger partial charge in [-0.2, -0.15) is 0 Å². The van der Waals surface area contributed by atoms with E-state index in [1.54, 1.807) is 44.3 Å². The average Bonchev–Trinajstić information content (AvgIpc) is 3.24. The molecule has 0 aliphatic heterocycles. The molecule has 1 N–H and O–H groups in total. The van der Waals surface area contributed by atoms with Crippen molar-refractivity contribution in [3.63, 3.8) is 0 Å². The van der Waals surface area contributed by atoms with Gasteiger partial charge < -0.3 is 14.1 Å². The van der Waals surface area contributed by atoms with Crippen molar-refractivity contribution in [1.29, 1.82) is 0 Å². The maximum Gasteiger partial charge on any atom is 0.338 e. The Morgan fingerprint density at radius 1 is 1.06 bits per heavy atom. The van der Waals surface area contributed by atoms with E-state index in [1.807, 2.05) is 13.0 Å². The fourth-order valence-corrected chi connectivity index (χ4v) is 4.30. The summed E-state index contributed by atoms with van der Waals surface area (Å²) >= 11 is 0. The third-order valence-electron chi connectivity index (χ3n) is 4.71. The van der Waals surface area contributed by atoms with E-state index in [9.17, 15) is 18.0 Å². The quantitative estimate of drug-likeness (QED) is 0.520. The molecular weight excluding hydrogens is 432 g/mol. The van der Waals surface area contributed by atoms with Gasteiger partial charge in [-0.25, -0.2) is 13.2 Å². The number of likely N-dealkylation sites (N-methyl/N-ethyl adjacent to an activating group) is 1. The van der Waals surface area contributed by atoms with E-state index in [1.165, 1.54) is 29.4 Å². The zero-order chi connectivity index (χ0) is 23.3. The smallest absolute Gasteiger partial charge is 0.338 e. The molecule has 3 aromatic rings. The molecule has 0 atom stereocenters. The van der Waals surface area contributed by atoms with E-state index in [2.05, 4.69) is 4.72 Å². The molecule has 32 heavy (non-hydrogen) atoms. The molecule has 0 aliphatic rings. The lowest BCUT2D eigenvalue weighted by molar-refractivity contribution is -0.133. The van der Waals surface area contributed by atoms with Crippen LogP contribution in [-0.4, -0.2) is 38.8 Å². The van der Waals surface area contributed by atoms with Gasteiger partial charge in [0.2, 0.25) is 0 Å². The van der Waals surface area contributed by atoms with Gasteiger partial charge in [-0.3, -0.25) is 9.52 Å². The fraction of sp³-hybridized carbons (Fsp3) is 0.217. The first-order valence-electron chi connectivity index (χ1n) is 9.79. The van der Waals surface area contributed by atoms with E-state index in [0.717, 1.165) is 5.56 Å². The number of sulfonamides is 1. The van der Waals surface area contributed by atoms with Gasteiger partial charge in [0.1, 0.15) is 5.76 Å². The van der Waals surface area contributed by atoms with Crippen LogP contribution in [0.25, 0.3) is 0 Å². The zero-order valence-electron chi connectivity index (χ0n) is 18.0. The molecule has 168 valence electrons. The van der Waals surface area contributed by atoms with Crippen LogP contribution in [-0.2, 0) is 26.1 Å². The summed E-state index contributed by atoms with van der Waals surface area (Å²) in [5, 5.41) is 0. The summed E-state index contributed by atoms with van der Waals surface area (Å²) in [6, 6.07) is 14.6. The van der Waals surface area contributed by atoms with Gasteiger partial charge in [-0.05, 0) is 61.4 Å². The van der Waals surface area contributed by atoms with Crippen molar-refractivity contribution in [2.45, 2.75) is 25.3 Å². The summed E-state index contributed by atoms with van der Waals surface area (Å²) < 4.78 is 38.6. The molecule has 2 aromatic carbocycles. The number of nitrogens with zero attached hydrogens (tertiary/aromatic N) is 1. The Hall–Kier alpha value is -3.59. The van der Waals surface area contributed by atoms with Crippen molar-refractivity contribution in [2.75, 3.05) is 18.4 Å². The number of nitrogens with one attached hydrogen (secondary N) is 1. The number of hydrogen-bond donors (Lipinski definition) is 1. The highest BCUT2D eigenvalue weighted by atomic mass is 32.2. The third kappa shape index (κ3) is 5.76. The highest BCUT2D eigenvalue weighted by Crippen LogP contribution is 2.22. The minimum Gasteiger partial charge on any atom is -0.467 e. The van der Waals surface area contributed by atoms with Crippen LogP contribution in [0.3, 0.4) is 0 Å². The van der Waals surface area contributed by atoms with Crippen LogP contribution in [0.15, 0.2) is 70.2 Å². The highest BCUT2D eigenvalue weighted by Gasteiger charge is 2.21. The monoisotopic (exact) mass is 456 g/mol. The number of ether oxygens (including phenoxy) is 1. The maximum atomic E-state index is 12.9. The number of furan rings is 1. The Kier molecular flexibility index (Phi) is 6.99. The summed E-state index contributed by atoms with van der Waals surface area (Å²) in [5.74, 6) is -0.616. The van der Waals surface area contributed by atoms with E-state index >= 15 is 0 Å². The second-order valence-corrected chi connectivity index (χ2v) is 9.01. The molecule has 0 saturated heterocycles. The summed E-state index contributed by atoms with van der Waals surface area (Å²) in [5.41, 5.74) is 1.82. The molecule has 0 fully saturated rings. The lowest BCUT2D eigenvalue weighted by Gasteiger charge is -2.16. The predicted molar refractivity (Wildman–Crippen MR) is 119 cm³/mol. The Morgan fingerprint density at radius 3 is 2.53 bits per heavy atom. The largest absolute Gasteiger partial charge is 0.467 e. The number of anilines is 1. The number of amides is 1. The molecule has 0 saturated carbocycles. The van der Waals surface area contributed by atoms with E-state index in [0.29, 0.717) is 17.0 Å². The van der Waals surface area contributed by atoms with Crippen LogP contribution in [0.2, 0.25) is 0 Å². The molecule has 0 spiro atoms. The van der Waals surface area contributed by atoms with Crippen molar-refractivity contribution in [2.24, 2.45) is 0 Å². The van der Waals surface area contributed by atoms with Crippen LogP contribution in [0, 0.1) is 13.8 Å². The standard InChI is InChI=1S/C23H24N2O6S/c1-16-6-4-7-19(12-16)24-32(28,29)21-13-18(10-9-17(21)2)23(27)31-15-22(26)25(3)14-20-8-5-11-30-20/h4-13,24H,14-15H2,1-3H3. The first kappa shape index (κ1) is 23.1. The van der Waals surface area contributed by atoms with Crippen LogP contribution in [0.5, 0.6) is 0 Å².